The maximum Gasteiger partial charge on any atom is 0.355 e. The molecular weight excluding hydrogens is 248 g/mol. The summed E-state index contributed by atoms with van der Waals surface area (Å²) in [6.45, 7) is 3.30. The standard InChI is InChI=1S/C13H18N2O4/c1-10-8-15(6-7-18-10)12(16)9-19-13(17)11-4-3-5-14(11)2/h3-5,10H,6-9H2,1-2H3. The quantitative estimate of drug-likeness (QED) is 0.744. The number of rotatable bonds is 3. The second-order valence-corrected chi connectivity index (χ2v) is 4.60. The minimum Gasteiger partial charge on any atom is -0.451 e. The molecule has 0 aliphatic carbocycles. The van der Waals surface area contributed by atoms with Crippen LogP contribution in [0.4, 0.5) is 0 Å². The first-order chi connectivity index (χ1) is 9.08. The summed E-state index contributed by atoms with van der Waals surface area (Å²) in [6, 6.07) is 3.41. The van der Waals surface area contributed by atoms with Crippen molar-refractivity contribution in [2.45, 2.75) is 13.0 Å². The van der Waals surface area contributed by atoms with E-state index in [0.29, 0.717) is 25.4 Å². The van der Waals surface area contributed by atoms with Crippen LogP contribution >= 0.6 is 0 Å². The summed E-state index contributed by atoms with van der Waals surface area (Å²) in [5, 5.41) is 0. The lowest BCUT2D eigenvalue weighted by atomic mass is 10.3. The molecule has 1 aromatic heterocycles. The zero-order valence-electron chi connectivity index (χ0n) is 11.2. The lowest BCUT2D eigenvalue weighted by molar-refractivity contribution is -0.141. The van der Waals surface area contributed by atoms with E-state index in [1.165, 1.54) is 0 Å². The van der Waals surface area contributed by atoms with Gasteiger partial charge in [-0.15, -0.1) is 0 Å². The first kappa shape index (κ1) is 13.6. The van der Waals surface area contributed by atoms with Gasteiger partial charge in [0.25, 0.3) is 5.91 Å². The van der Waals surface area contributed by atoms with Gasteiger partial charge in [-0.2, -0.15) is 0 Å². The average molecular weight is 266 g/mol. The Morgan fingerprint density at radius 3 is 2.95 bits per heavy atom. The zero-order valence-corrected chi connectivity index (χ0v) is 11.2. The Kier molecular flexibility index (Phi) is 4.21. The van der Waals surface area contributed by atoms with Gasteiger partial charge in [0.15, 0.2) is 6.61 Å². The first-order valence-corrected chi connectivity index (χ1v) is 6.26. The third kappa shape index (κ3) is 3.35. The first-order valence-electron chi connectivity index (χ1n) is 6.26. The Hall–Kier alpha value is -1.82. The minimum absolute atomic E-state index is 0.0290. The van der Waals surface area contributed by atoms with E-state index in [9.17, 15) is 9.59 Å². The molecule has 1 amide bonds. The van der Waals surface area contributed by atoms with Crippen LogP contribution < -0.4 is 0 Å². The Bertz CT molecular complexity index is 469. The maximum atomic E-state index is 11.9. The van der Waals surface area contributed by atoms with Crippen molar-refractivity contribution in [3.63, 3.8) is 0 Å². The topological polar surface area (TPSA) is 60.8 Å². The summed E-state index contributed by atoms with van der Waals surface area (Å²) < 4.78 is 12.0. The van der Waals surface area contributed by atoms with Crippen molar-refractivity contribution in [3.05, 3.63) is 24.0 Å². The average Bonchev–Trinajstić information content (AvgIpc) is 2.82. The summed E-state index contributed by atoms with van der Waals surface area (Å²) in [6.07, 6.45) is 1.78. The predicted molar refractivity (Wildman–Crippen MR) is 67.7 cm³/mol. The number of hydrogen-bond acceptors (Lipinski definition) is 4. The lowest BCUT2D eigenvalue weighted by Gasteiger charge is -2.30. The van der Waals surface area contributed by atoms with Crippen LogP contribution in [0.15, 0.2) is 18.3 Å². The van der Waals surface area contributed by atoms with Crippen LogP contribution in [0.1, 0.15) is 17.4 Å². The van der Waals surface area contributed by atoms with Crippen LogP contribution in [0.5, 0.6) is 0 Å². The van der Waals surface area contributed by atoms with Crippen molar-refractivity contribution < 1.29 is 19.1 Å². The van der Waals surface area contributed by atoms with Crippen molar-refractivity contribution >= 4 is 11.9 Å². The monoisotopic (exact) mass is 266 g/mol. The SMILES string of the molecule is CC1CN(C(=O)COC(=O)c2cccn2C)CCO1. The molecule has 2 rings (SSSR count). The number of aromatic nitrogens is 1. The number of hydrogen-bond donors (Lipinski definition) is 0. The molecule has 2 heterocycles. The van der Waals surface area contributed by atoms with E-state index < -0.39 is 5.97 Å². The van der Waals surface area contributed by atoms with Crippen molar-refractivity contribution in [1.29, 1.82) is 0 Å². The summed E-state index contributed by atoms with van der Waals surface area (Å²) >= 11 is 0. The predicted octanol–water partition coefficient (Wildman–Crippen LogP) is 0.429. The summed E-state index contributed by atoms with van der Waals surface area (Å²) in [4.78, 5) is 25.3. The van der Waals surface area contributed by atoms with Crippen molar-refractivity contribution in [1.82, 2.24) is 9.47 Å². The highest BCUT2D eigenvalue weighted by Gasteiger charge is 2.22. The van der Waals surface area contributed by atoms with E-state index in [-0.39, 0.29) is 18.6 Å². The lowest BCUT2D eigenvalue weighted by Crippen LogP contribution is -2.46. The third-order valence-electron chi connectivity index (χ3n) is 3.07. The normalized spacial score (nSPS) is 19.3. The van der Waals surface area contributed by atoms with Crippen molar-refractivity contribution in [2.75, 3.05) is 26.3 Å². The van der Waals surface area contributed by atoms with Gasteiger partial charge in [0.2, 0.25) is 0 Å². The zero-order chi connectivity index (χ0) is 13.8. The number of aryl methyl sites for hydroxylation is 1. The second-order valence-electron chi connectivity index (χ2n) is 4.60. The van der Waals surface area contributed by atoms with Crippen LogP contribution in [-0.4, -0.2) is 53.8 Å². The van der Waals surface area contributed by atoms with Gasteiger partial charge in [-0.25, -0.2) is 4.79 Å². The fourth-order valence-electron chi connectivity index (χ4n) is 2.01. The summed E-state index contributed by atoms with van der Waals surface area (Å²) in [5.41, 5.74) is 0.433. The van der Waals surface area contributed by atoms with Gasteiger partial charge >= 0.3 is 5.97 Å². The number of ether oxygens (including phenoxy) is 2. The molecule has 1 atom stereocenters. The number of carbonyl (C=O) groups is 2. The Labute approximate surface area is 111 Å². The molecule has 6 nitrogen and oxygen atoms in total. The number of esters is 1. The van der Waals surface area contributed by atoms with Crippen molar-refractivity contribution in [3.8, 4) is 0 Å². The van der Waals surface area contributed by atoms with Crippen LogP contribution in [0.2, 0.25) is 0 Å². The fourth-order valence-corrected chi connectivity index (χ4v) is 2.01. The van der Waals surface area contributed by atoms with E-state index in [1.54, 1.807) is 34.8 Å². The second kappa shape index (κ2) is 5.88. The third-order valence-corrected chi connectivity index (χ3v) is 3.07. The van der Waals surface area contributed by atoms with Gasteiger partial charge in [0.05, 0.1) is 12.7 Å². The molecule has 1 aliphatic rings. The Balaban J connectivity index is 1.83. The van der Waals surface area contributed by atoms with Gasteiger partial charge in [-0.05, 0) is 19.1 Å². The largest absolute Gasteiger partial charge is 0.451 e. The fraction of sp³-hybridized carbons (Fsp3) is 0.538. The molecule has 0 N–H and O–H groups in total. The van der Waals surface area contributed by atoms with Gasteiger partial charge in [-0.3, -0.25) is 4.79 Å². The Morgan fingerprint density at radius 1 is 1.53 bits per heavy atom. The number of morpholine rings is 1. The number of nitrogens with zero attached hydrogens (tertiary/aromatic N) is 2. The van der Waals surface area contributed by atoms with Gasteiger partial charge in [0.1, 0.15) is 5.69 Å². The molecule has 1 aliphatic heterocycles. The maximum absolute atomic E-state index is 11.9. The highest BCUT2D eigenvalue weighted by molar-refractivity contribution is 5.89. The van der Waals surface area contributed by atoms with E-state index in [2.05, 4.69) is 0 Å². The molecule has 1 unspecified atom stereocenters. The van der Waals surface area contributed by atoms with E-state index >= 15 is 0 Å². The van der Waals surface area contributed by atoms with E-state index in [0.717, 1.165) is 0 Å². The molecule has 1 fully saturated rings. The van der Waals surface area contributed by atoms with Crippen LogP contribution in [0, 0.1) is 0 Å². The molecule has 0 saturated carbocycles. The molecule has 1 saturated heterocycles. The smallest absolute Gasteiger partial charge is 0.355 e. The molecule has 19 heavy (non-hydrogen) atoms. The van der Waals surface area contributed by atoms with Gasteiger partial charge in [0, 0.05) is 26.3 Å². The van der Waals surface area contributed by atoms with Crippen LogP contribution in [0.25, 0.3) is 0 Å². The number of amides is 1. The molecule has 6 heteroatoms. The van der Waals surface area contributed by atoms with Crippen LogP contribution in [0.3, 0.4) is 0 Å². The molecule has 0 spiro atoms. The Morgan fingerprint density at radius 2 is 2.32 bits per heavy atom. The number of carbonyl (C=O) groups excluding carboxylic acids is 2. The van der Waals surface area contributed by atoms with E-state index in [4.69, 9.17) is 9.47 Å². The molecule has 1 aromatic rings. The van der Waals surface area contributed by atoms with Gasteiger partial charge < -0.3 is 18.9 Å². The molecule has 0 radical (unpaired) electrons. The minimum atomic E-state index is -0.484. The molecular formula is C13H18N2O4. The van der Waals surface area contributed by atoms with Crippen molar-refractivity contribution in [2.24, 2.45) is 7.05 Å². The van der Waals surface area contributed by atoms with E-state index in [1.807, 2.05) is 6.92 Å². The summed E-state index contributed by atoms with van der Waals surface area (Å²) in [5.74, 6) is -0.667. The van der Waals surface area contributed by atoms with Gasteiger partial charge in [-0.1, -0.05) is 0 Å². The molecule has 104 valence electrons. The molecule has 0 aromatic carbocycles. The summed E-state index contributed by atoms with van der Waals surface area (Å²) in [7, 11) is 1.75. The molecule has 0 bridgehead atoms. The highest BCUT2D eigenvalue weighted by Crippen LogP contribution is 2.06. The highest BCUT2D eigenvalue weighted by atomic mass is 16.5. The van der Waals surface area contributed by atoms with Crippen LogP contribution in [-0.2, 0) is 21.3 Å².